The van der Waals surface area contributed by atoms with Crippen molar-refractivity contribution < 1.29 is 9.90 Å². The predicted octanol–water partition coefficient (Wildman–Crippen LogP) is 1.91. The van der Waals surface area contributed by atoms with E-state index >= 15 is 0 Å². The molecule has 4 nitrogen and oxygen atoms in total. The van der Waals surface area contributed by atoms with Gasteiger partial charge in [0, 0.05) is 17.2 Å². The third-order valence-corrected chi connectivity index (χ3v) is 3.12. The first kappa shape index (κ1) is 13.3. The first-order valence-electron chi connectivity index (χ1n) is 5.34. The second-order valence-electron chi connectivity index (χ2n) is 3.89. The Balaban J connectivity index is 2.41. The average molecular weight is 289 g/mol. The highest BCUT2D eigenvalue weighted by molar-refractivity contribution is 9.10. The molecule has 0 saturated carbocycles. The molecular formula is C11H17BrN2O2. The molecule has 0 aliphatic rings. The molecule has 0 spiro atoms. The van der Waals surface area contributed by atoms with Crippen molar-refractivity contribution in [2.24, 2.45) is 5.92 Å². The lowest BCUT2D eigenvalue weighted by molar-refractivity contribution is 0.0846. The summed E-state index contributed by atoms with van der Waals surface area (Å²) in [4.78, 5) is 14.4. The molecule has 0 fully saturated rings. The van der Waals surface area contributed by atoms with E-state index in [1.807, 2.05) is 13.8 Å². The standard InChI is InChI=1S/C11H17BrN2O2/c1-3-7(2)10(15)6-14-11(16)9-4-8(12)5-13-9/h4-5,7,10,13,15H,3,6H2,1-2H3,(H,14,16). The second kappa shape index (κ2) is 6.06. The van der Waals surface area contributed by atoms with Crippen LogP contribution in [-0.2, 0) is 0 Å². The second-order valence-corrected chi connectivity index (χ2v) is 4.81. The van der Waals surface area contributed by atoms with Crippen LogP contribution in [0.15, 0.2) is 16.7 Å². The van der Waals surface area contributed by atoms with Crippen LogP contribution >= 0.6 is 15.9 Å². The van der Waals surface area contributed by atoms with Gasteiger partial charge in [0.2, 0.25) is 0 Å². The largest absolute Gasteiger partial charge is 0.391 e. The minimum absolute atomic E-state index is 0.190. The summed E-state index contributed by atoms with van der Waals surface area (Å²) in [6, 6.07) is 1.70. The predicted molar refractivity (Wildman–Crippen MR) is 66.3 cm³/mol. The number of carbonyl (C=O) groups is 1. The summed E-state index contributed by atoms with van der Waals surface area (Å²) in [5.74, 6) is -0.0104. The maximum Gasteiger partial charge on any atom is 0.267 e. The van der Waals surface area contributed by atoms with Gasteiger partial charge in [0.15, 0.2) is 0 Å². The molecule has 1 aromatic heterocycles. The van der Waals surface area contributed by atoms with Crippen LogP contribution in [0.4, 0.5) is 0 Å². The smallest absolute Gasteiger partial charge is 0.267 e. The molecule has 0 aliphatic heterocycles. The summed E-state index contributed by atoms with van der Waals surface area (Å²) in [7, 11) is 0. The van der Waals surface area contributed by atoms with E-state index in [1.165, 1.54) is 0 Å². The topological polar surface area (TPSA) is 65.1 Å². The minimum atomic E-state index is -0.493. The Labute approximate surface area is 104 Å². The molecule has 0 bridgehead atoms. The van der Waals surface area contributed by atoms with E-state index in [-0.39, 0.29) is 18.4 Å². The molecule has 0 saturated heterocycles. The van der Waals surface area contributed by atoms with Gasteiger partial charge in [-0.05, 0) is 27.9 Å². The number of aliphatic hydroxyl groups is 1. The van der Waals surface area contributed by atoms with Gasteiger partial charge in [-0.2, -0.15) is 0 Å². The summed E-state index contributed by atoms with van der Waals surface area (Å²) >= 11 is 3.25. The molecule has 0 aromatic carbocycles. The van der Waals surface area contributed by atoms with E-state index in [0.717, 1.165) is 10.9 Å². The quantitative estimate of drug-likeness (QED) is 0.775. The Morgan fingerprint density at radius 1 is 1.69 bits per heavy atom. The number of aromatic nitrogens is 1. The monoisotopic (exact) mass is 288 g/mol. The Kier molecular flexibility index (Phi) is 5.02. The number of hydrogen-bond acceptors (Lipinski definition) is 2. The van der Waals surface area contributed by atoms with Gasteiger partial charge in [0.05, 0.1) is 6.10 Å². The molecule has 0 radical (unpaired) electrons. The van der Waals surface area contributed by atoms with E-state index in [2.05, 4.69) is 26.2 Å². The van der Waals surface area contributed by atoms with Gasteiger partial charge in [-0.15, -0.1) is 0 Å². The number of aliphatic hydroxyl groups excluding tert-OH is 1. The van der Waals surface area contributed by atoms with Gasteiger partial charge in [0.1, 0.15) is 5.69 Å². The Morgan fingerprint density at radius 3 is 2.88 bits per heavy atom. The lowest BCUT2D eigenvalue weighted by Crippen LogP contribution is -2.35. The molecule has 16 heavy (non-hydrogen) atoms. The summed E-state index contributed by atoms with van der Waals surface area (Å²) in [5.41, 5.74) is 0.489. The Hall–Kier alpha value is -0.810. The number of amides is 1. The lowest BCUT2D eigenvalue weighted by Gasteiger charge is -2.17. The van der Waals surface area contributed by atoms with Crippen LogP contribution in [0, 0.1) is 5.92 Å². The van der Waals surface area contributed by atoms with Crippen molar-refractivity contribution in [2.75, 3.05) is 6.54 Å². The Morgan fingerprint density at radius 2 is 2.38 bits per heavy atom. The SMILES string of the molecule is CCC(C)C(O)CNC(=O)c1cc(Br)c[nH]1. The van der Waals surface area contributed by atoms with Gasteiger partial charge in [0.25, 0.3) is 5.91 Å². The van der Waals surface area contributed by atoms with Crippen molar-refractivity contribution in [3.63, 3.8) is 0 Å². The molecular weight excluding hydrogens is 272 g/mol. The van der Waals surface area contributed by atoms with Crippen molar-refractivity contribution in [2.45, 2.75) is 26.4 Å². The third-order valence-electron chi connectivity index (χ3n) is 2.66. The fraction of sp³-hybridized carbons (Fsp3) is 0.545. The van der Waals surface area contributed by atoms with Crippen molar-refractivity contribution in [1.82, 2.24) is 10.3 Å². The van der Waals surface area contributed by atoms with Crippen LogP contribution in [0.3, 0.4) is 0 Å². The molecule has 3 N–H and O–H groups in total. The van der Waals surface area contributed by atoms with Crippen molar-refractivity contribution in [3.05, 3.63) is 22.4 Å². The maximum absolute atomic E-state index is 11.6. The fourth-order valence-corrected chi connectivity index (χ4v) is 1.61. The van der Waals surface area contributed by atoms with Crippen LogP contribution in [-0.4, -0.2) is 28.6 Å². The van der Waals surface area contributed by atoms with E-state index in [9.17, 15) is 9.90 Å². The molecule has 2 unspecified atom stereocenters. The number of nitrogens with one attached hydrogen (secondary N) is 2. The molecule has 1 amide bonds. The highest BCUT2D eigenvalue weighted by Crippen LogP contribution is 2.10. The Bertz CT molecular complexity index is 352. The highest BCUT2D eigenvalue weighted by Gasteiger charge is 2.14. The highest BCUT2D eigenvalue weighted by atomic mass is 79.9. The van der Waals surface area contributed by atoms with Crippen LogP contribution in [0.2, 0.25) is 0 Å². The van der Waals surface area contributed by atoms with Crippen LogP contribution in [0.25, 0.3) is 0 Å². The first-order chi connectivity index (χ1) is 7.54. The summed E-state index contributed by atoms with van der Waals surface area (Å²) in [6.45, 7) is 4.25. The minimum Gasteiger partial charge on any atom is -0.391 e. The van der Waals surface area contributed by atoms with Crippen molar-refractivity contribution >= 4 is 21.8 Å². The lowest BCUT2D eigenvalue weighted by atomic mass is 10.0. The first-order valence-corrected chi connectivity index (χ1v) is 6.14. The molecule has 0 aliphatic carbocycles. The number of halogens is 1. The summed E-state index contributed by atoms with van der Waals surface area (Å²) in [5, 5.41) is 12.4. The molecule has 1 aromatic rings. The molecule has 5 heteroatoms. The maximum atomic E-state index is 11.6. The zero-order valence-electron chi connectivity index (χ0n) is 9.46. The van der Waals surface area contributed by atoms with Crippen LogP contribution in [0.5, 0.6) is 0 Å². The van der Waals surface area contributed by atoms with Crippen molar-refractivity contribution in [3.8, 4) is 0 Å². The number of aromatic amines is 1. The van der Waals surface area contributed by atoms with E-state index in [4.69, 9.17) is 0 Å². The summed E-state index contributed by atoms with van der Waals surface area (Å²) < 4.78 is 0.833. The van der Waals surface area contributed by atoms with Gasteiger partial charge in [-0.1, -0.05) is 20.3 Å². The van der Waals surface area contributed by atoms with Gasteiger partial charge < -0.3 is 15.4 Å². The normalized spacial score (nSPS) is 14.5. The van der Waals surface area contributed by atoms with Gasteiger partial charge >= 0.3 is 0 Å². The average Bonchev–Trinajstić information content (AvgIpc) is 2.71. The van der Waals surface area contributed by atoms with E-state index in [0.29, 0.717) is 5.69 Å². The van der Waals surface area contributed by atoms with E-state index in [1.54, 1.807) is 12.3 Å². The van der Waals surface area contributed by atoms with Gasteiger partial charge in [-0.3, -0.25) is 4.79 Å². The van der Waals surface area contributed by atoms with Crippen molar-refractivity contribution in [1.29, 1.82) is 0 Å². The molecule has 2 atom stereocenters. The summed E-state index contributed by atoms with van der Waals surface area (Å²) in [6.07, 6.45) is 2.10. The van der Waals surface area contributed by atoms with Gasteiger partial charge in [-0.25, -0.2) is 0 Å². The van der Waals surface area contributed by atoms with Crippen LogP contribution < -0.4 is 5.32 Å². The number of hydrogen-bond donors (Lipinski definition) is 3. The zero-order valence-corrected chi connectivity index (χ0v) is 11.0. The molecule has 1 heterocycles. The zero-order chi connectivity index (χ0) is 12.1. The number of carbonyl (C=O) groups excluding carboxylic acids is 1. The van der Waals surface area contributed by atoms with E-state index < -0.39 is 6.10 Å². The third kappa shape index (κ3) is 3.64. The fourth-order valence-electron chi connectivity index (χ4n) is 1.26. The molecule has 1 rings (SSSR count). The van der Waals surface area contributed by atoms with Crippen LogP contribution in [0.1, 0.15) is 30.8 Å². The molecule has 90 valence electrons. The number of H-pyrrole nitrogens is 1. The number of rotatable bonds is 5.